The number of nitro groups is 1. The highest BCUT2D eigenvalue weighted by Crippen LogP contribution is 2.30. The van der Waals surface area contributed by atoms with Gasteiger partial charge in [-0.1, -0.05) is 0 Å². The first-order valence-corrected chi connectivity index (χ1v) is 6.10. The average Bonchev–Trinajstić information content (AvgIpc) is 2.29. The lowest BCUT2D eigenvalue weighted by atomic mass is 10.2. The molecule has 100 valence electrons. The highest BCUT2D eigenvalue weighted by atomic mass is 79.9. The summed E-state index contributed by atoms with van der Waals surface area (Å²) in [6.45, 7) is 2.21. The van der Waals surface area contributed by atoms with Crippen molar-refractivity contribution in [1.29, 1.82) is 0 Å². The molecule has 0 saturated heterocycles. The number of anilines is 1. The number of nitro benzene ring substituents is 1. The Labute approximate surface area is 113 Å². The van der Waals surface area contributed by atoms with E-state index in [1.54, 1.807) is 13.0 Å². The van der Waals surface area contributed by atoms with Crippen molar-refractivity contribution in [2.75, 3.05) is 25.6 Å². The van der Waals surface area contributed by atoms with Crippen LogP contribution in [0.2, 0.25) is 0 Å². The van der Waals surface area contributed by atoms with Gasteiger partial charge in [-0.3, -0.25) is 10.1 Å². The normalized spacial score (nSPS) is 12.2. The van der Waals surface area contributed by atoms with Gasteiger partial charge in [0.2, 0.25) is 0 Å². The summed E-state index contributed by atoms with van der Waals surface area (Å²) in [5.41, 5.74) is 1.32. The number of ether oxygens (including phenoxy) is 1. The fourth-order valence-electron chi connectivity index (χ4n) is 1.48. The second kappa shape index (κ2) is 6.67. The lowest BCUT2D eigenvalue weighted by Crippen LogP contribution is -2.24. The van der Waals surface area contributed by atoms with Crippen molar-refractivity contribution in [2.24, 2.45) is 0 Å². The number of aliphatic hydroxyl groups is 1. The summed E-state index contributed by atoms with van der Waals surface area (Å²) in [6, 6.07) is 3.11. The van der Waals surface area contributed by atoms with E-state index in [1.165, 1.54) is 13.2 Å². The summed E-state index contributed by atoms with van der Waals surface area (Å²) in [7, 11) is 1.51. The van der Waals surface area contributed by atoms with E-state index in [4.69, 9.17) is 4.74 Å². The van der Waals surface area contributed by atoms with Crippen molar-refractivity contribution in [2.45, 2.75) is 13.0 Å². The Bertz CT molecular complexity index is 439. The number of benzene rings is 1. The third-order valence-electron chi connectivity index (χ3n) is 2.37. The van der Waals surface area contributed by atoms with Crippen molar-refractivity contribution in [3.05, 3.63) is 32.3 Å². The topological polar surface area (TPSA) is 84.6 Å². The van der Waals surface area contributed by atoms with E-state index in [2.05, 4.69) is 21.2 Å². The van der Waals surface area contributed by atoms with Crippen molar-refractivity contribution in [1.82, 2.24) is 0 Å². The van der Waals surface area contributed by atoms with E-state index in [9.17, 15) is 15.2 Å². The molecule has 0 aromatic heterocycles. The third kappa shape index (κ3) is 3.94. The minimum absolute atomic E-state index is 0.0601. The van der Waals surface area contributed by atoms with Crippen molar-refractivity contribution >= 4 is 27.3 Å². The van der Waals surface area contributed by atoms with Gasteiger partial charge < -0.3 is 15.2 Å². The summed E-state index contributed by atoms with van der Waals surface area (Å²) >= 11 is 3.26. The number of nitrogens with one attached hydrogen (secondary N) is 1. The number of halogens is 1. The van der Waals surface area contributed by atoms with Crippen LogP contribution in [0.25, 0.3) is 0 Å². The fraction of sp³-hybridized carbons (Fsp3) is 0.455. The number of nitrogens with zero attached hydrogens (tertiary/aromatic N) is 1. The van der Waals surface area contributed by atoms with E-state index in [-0.39, 0.29) is 12.3 Å². The van der Waals surface area contributed by atoms with Crippen LogP contribution in [0.15, 0.2) is 16.6 Å². The maximum atomic E-state index is 10.7. The van der Waals surface area contributed by atoms with E-state index in [0.29, 0.717) is 22.3 Å². The van der Waals surface area contributed by atoms with Crippen molar-refractivity contribution in [3.63, 3.8) is 0 Å². The van der Waals surface area contributed by atoms with E-state index < -0.39 is 11.0 Å². The zero-order valence-corrected chi connectivity index (χ0v) is 11.7. The molecule has 1 atom stereocenters. The number of aliphatic hydroxyl groups excluding tert-OH is 1. The first-order valence-electron chi connectivity index (χ1n) is 5.31. The van der Waals surface area contributed by atoms with E-state index >= 15 is 0 Å². The maximum Gasteiger partial charge on any atom is 0.273 e. The number of aryl methyl sites for hydroxylation is 1. The third-order valence-corrected chi connectivity index (χ3v) is 3.03. The molecular formula is C11H15BrN2O4. The Kier molecular flexibility index (Phi) is 5.52. The van der Waals surface area contributed by atoms with Gasteiger partial charge in [0.1, 0.15) is 0 Å². The molecule has 1 aromatic rings. The van der Waals surface area contributed by atoms with Crippen LogP contribution in [0.1, 0.15) is 5.56 Å². The SMILES string of the molecule is COCC(O)CNc1cc(C)c([N+](=O)[O-])cc1Br. The lowest BCUT2D eigenvalue weighted by Gasteiger charge is -2.13. The summed E-state index contributed by atoms with van der Waals surface area (Å²) in [4.78, 5) is 10.3. The van der Waals surface area contributed by atoms with Crippen LogP contribution in [-0.2, 0) is 4.74 Å². The van der Waals surface area contributed by atoms with Crippen LogP contribution in [0, 0.1) is 17.0 Å². The quantitative estimate of drug-likeness (QED) is 0.619. The molecule has 6 nitrogen and oxygen atoms in total. The van der Waals surface area contributed by atoms with Gasteiger partial charge in [-0.15, -0.1) is 0 Å². The Morgan fingerprint density at radius 1 is 1.61 bits per heavy atom. The maximum absolute atomic E-state index is 10.7. The average molecular weight is 319 g/mol. The zero-order chi connectivity index (χ0) is 13.7. The molecule has 2 N–H and O–H groups in total. The van der Waals surface area contributed by atoms with Gasteiger partial charge >= 0.3 is 0 Å². The minimum atomic E-state index is -0.627. The smallest absolute Gasteiger partial charge is 0.273 e. The summed E-state index contributed by atoms with van der Waals surface area (Å²) < 4.78 is 5.39. The van der Waals surface area contributed by atoms with Crippen LogP contribution < -0.4 is 5.32 Å². The molecule has 0 aliphatic heterocycles. The van der Waals surface area contributed by atoms with Gasteiger partial charge in [0, 0.05) is 35.4 Å². The number of methoxy groups -OCH3 is 1. The van der Waals surface area contributed by atoms with Crippen molar-refractivity contribution in [3.8, 4) is 0 Å². The van der Waals surface area contributed by atoms with Gasteiger partial charge in [0.15, 0.2) is 0 Å². The Balaban J connectivity index is 2.79. The summed E-state index contributed by atoms with van der Waals surface area (Å²) in [5.74, 6) is 0. The molecular weight excluding hydrogens is 304 g/mol. The van der Waals surface area contributed by atoms with E-state index in [1.807, 2.05) is 0 Å². The largest absolute Gasteiger partial charge is 0.389 e. The standard InChI is InChI=1S/C11H15BrN2O4/c1-7-3-10(13-5-8(15)6-18-2)9(12)4-11(7)14(16)17/h3-4,8,13,15H,5-6H2,1-2H3. The summed E-state index contributed by atoms with van der Waals surface area (Å²) in [5, 5.41) is 23.3. The zero-order valence-electron chi connectivity index (χ0n) is 10.1. The van der Waals surface area contributed by atoms with Crippen LogP contribution in [0.3, 0.4) is 0 Å². The van der Waals surface area contributed by atoms with Crippen LogP contribution >= 0.6 is 15.9 Å². The number of rotatable bonds is 6. The number of hydrogen-bond donors (Lipinski definition) is 2. The predicted molar refractivity (Wildman–Crippen MR) is 71.9 cm³/mol. The molecule has 18 heavy (non-hydrogen) atoms. The van der Waals surface area contributed by atoms with Gasteiger partial charge in [-0.25, -0.2) is 0 Å². The van der Waals surface area contributed by atoms with Gasteiger partial charge in [0.05, 0.1) is 17.6 Å². The van der Waals surface area contributed by atoms with Crippen LogP contribution in [0.5, 0.6) is 0 Å². The van der Waals surface area contributed by atoms with Crippen molar-refractivity contribution < 1.29 is 14.8 Å². The molecule has 1 rings (SSSR count). The molecule has 1 aromatic carbocycles. The first-order chi connectivity index (χ1) is 8.45. The highest BCUT2D eigenvalue weighted by Gasteiger charge is 2.14. The molecule has 0 aliphatic rings. The van der Waals surface area contributed by atoms with Gasteiger partial charge in [-0.2, -0.15) is 0 Å². The molecule has 0 spiro atoms. The second-order valence-corrected chi connectivity index (χ2v) is 4.72. The summed E-state index contributed by atoms with van der Waals surface area (Å²) in [6.07, 6.45) is -0.627. The predicted octanol–water partition coefficient (Wildman–Crippen LogP) is 2.08. The molecule has 0 aliphatic carbocycles. The van der Waals surface area contributed by atoms with Gasteiger partial charge in [0.25, 0.3) is 5.69 Å². The molecule has 0 bridgehead atoms. The lowest BCUT2D eigenvalue weighted by molar-refractivity contribution is -0.385. The van der Waals surface area contributed by atoms with Crippen LogP contribution in [-0.4, -0.2) is 36.4 Å². The Morgan fingerprint density at radius 2 is 2.28 bits per heavy atom. The highest BCUT2D eigenvalue weighted by molar-refractivity contribution is 9.10. The Hall–Kier alpha value is -1.18. The molecule has 7 heteroatoms. The molecule has 1 unspecified atom stereocenters. The fourth-order valence-corrected chi connectivity index (χ4v) is 1.95. The molecule has 0 radical (unpaired) electrons. The van der Waals surface area contributed by atoms with E-state index in [0.717, 1.165) is 0 Å². The monoisotopic (exact) mass is 318 g/mol. The van der Waals surface area contributed by atoms with Gasteiger partial charge in [-0.05, 0) is 28.9 Å². The molecule has 0 saturated carbocycles. The molecule has 0 fully saturated rings. The molecule has 0 heterocycles. The Morgan fingerprint density at radius 3 is 2.83 bits per heavy atom. The molecule has 0 amide bonds. The number of hydrogen-bond acceptors (Lipinski definition) is 5. The first kappa shape index (κ1) is 14.9. The van der Waals surface area contributed by atoms with Crippen LogP contribution in [0.4, 0.5) is 11.4 Å². The minimum Gasteiger partial charge on any atom is -0.389 e. The second-order valence-electron chi connectivity index (χ2n) is 3.87.